The van der Waals surface area contributed by atoms with Gasteiger partial charge in [-0.1, -0.05) is 0 Å². The van der Waals surface area contributed by atoms with E-state index in [9.17, 15) is 92.2 Å². The van der Waals surface area contributed by atoms with Gasteiger partial charge in [-0.3, -0.25) is 0 Å². The van der Waals surface area contributed by atoms with E-state index in [0.717, 1.165) is 0 Å². The molecule has 0 heterocycles. The summed E-state index contributed by atoms with van der Waals surface area (Å²) in [6.45, 7) is 0. The third kappa shape index (κ3) is 3.43. The van der Waals surface area contributed by atoms with Crippen molar-refractivity contribution in [2.24, 2.45) is 0 Å². The summed E-state index contributed by atoms with van der Waals surface area (Å²) in [6, 6.07) is 0. The third-order valence-electron chi connectivity index (χ3n) is 3.41. The first kappa shape index (κ1) is 29.5. The molecule has 0 fully saturated rings. The lowest BCUT2D eigenvalue weighted by atomic mass is 9.87. The lowest BCUT2D eigenvalue weighted by Crippen LogP contribution is -2.76. The summed E-state index contributed by atoms with van der Waals surface area (Å²) >= 11 is 0. The van der Waals surface area contributed by atoms with Crippen molar-refractivity contribution in [3.63, 3.8) is 0 Å². The second kappa shape index (κ2) is 7.01. The van der Waals surface area contributed by atoms with Gasteiger partial charge in [-0.15, -0.1) is 0 Å². The number of halogens is 21. The molecule has 0 rings (SSSR count). The Morgan fingerprint density at radius 3 is 0.677 bits per heavy atom. The monoisotopic (exact) mass is 520 g/mol. The summed E-state index contributed by atoms with van der Waals surface area (Å²) in [5.74, 6) is -69.5. The first-order valence-electron chi connectivity index (χ1n) is 6.32. The molecule has 21 heteroatoms. The van der Waals surface area contributed by atoms with Crippen LogP contribution in [0.1, 0.15) is 0 Å². The molecule has 0 bridgehead atoms. The summed E-state index contributed by atoms with van der Waals surface area (Å²) in [4.78, 5) is 0. The average molecular weight is 520 g/mol. The Balaban J connectivity index is 6.91. The highest BCUT2D eigenvalue weighted by molar-refractivity contribution is 5.16. The Morgan fingerprint density at radius 1 is 0.290 bits per heavy atom. The zero-order chi connectivity index (χ0) is 26.1. The van der Waals surface area contributed by atoms with Crippen LogP contribution in [0.4, 0.5) is 92.2 Å². The van der Waals surface area contributed by atoms with Crippen molar-refractivity contribution in [1.82, 2.24) is 0 Å². The van der Waals surface area contributed by atoms with E-state index in [-0.39, 0.29) is 0 Å². The van der Waals surface area contributed by atoms with Crippen LogP contribution in [0.5, 0.6) is 0 Å². The predicted octanol–water partition coefficient (Wildman–Crippen LogP) is 6.90. The fraction of sp³-hybridized carbons (Fsp3) is 1.00. The number of hydrogen-bond donors (Lipinski definition) is 0. The van der Waals surface area contributed by atoms with Crippen LogP contribution in [0.3, 0.4) is 0 Å². The summed E-state index contributed by atoms with van der Waals surface area (Å²) in [6.07, 6.45) is -14.1. The largest absolute Gasteiger partial charge is 0.460 e. The van der Waals surface area contributed by atoms with Crippen LogP contribution >= 0.6 is 0 Å². The highest BCUT2D eigenvalue weighted by Gasteiger charge is 2.97. The van der Waals surface area contributed by atoms with Gasteiger partial charge in [0.25, 0.3) is 0 Å². The molecule has 0 aromatic rings. The Kier molecular flexibility index (Phi) is 6.68. The lowest BCUT2D eigenvalue weighted by Gasteiger charge is -2.43. The molecule has 0 aromatic heterocycles. The van der Waals surface area contributed by atoms with E-state index in [1.54, 1.807) is 0 Å². The Morgan fingerprint density at radius 2 is 0.484 bits per heavy atom. The van der Waals surface area contributed by atoms with Crippen LogP contribution in [0.15, 0.2) is 0 Å². The van der Waals surface area contributed by atoms with Crippen molar-refractivity contribution in [2.45, 2.75) is 60.0 Å². The van der Waals surface area contributed by atoms with Crippen molar-refractivity contribution in [3.8, 4) is 0 Å². The van der Waals surface area contributed by atoms with Gasteiger partial charge in [0.05, 0.1) is 0 Å². The smallest absolute Gasteiger partial charge is 0.203 e. The van der Waals surface area contributed by atoms with Gasteiger partial charge in [-0.05, 0) is 0 Å². The van der Waals surface area contributed by atoms with Crippen molar-refractivity contribution >= 4 is 0 Å². The molecule has 0 saturated heterocycles. The van der Waals surface area contributed by atoms with Crippen LogP contribution in [-0.4, -0.2) is 60.0 Å². The lowest BCUT2D eigenvalue weighted by molar-refractivity contribution is -0.471. The second-order valence-electron chi connectivity index (χ2n) is 5.44. The van der Waals surface area contributed by atoms with Crippen molar-refractivity contribution in [2.75, 3.05) is 0 Å². The fourth-order valence-electron chi connectivity index (χ4n) is 1.51. The van der Waals surface area contributed by atoms with Crippen LogP contribution in [0.25, 0.3) is 0 Å². The second-order valence-corrected chi connectivity index (χ2v) is 5.44. The molecule has 0 aliphatic rings. The van der Waals surface area contributed by atoms with Gasteiger partial charge in [0.1, 0.15) is 0 Å². The van der Waals surface area contributed by atoms with Gasteiger partial charge >= 0.3 is 60.0 Å². The molecular formula is C10HF21. The van der Waals surface area contributed by atoms with Gasteiger partial charge in [0.15, 0.2) is 0 Å². The zero-order valence-electron chi connectivity index (χ0n) is 13.0. The zero-order valence-corrected chi connectivity index (χ0v) is 13.0. The third-order valence-corrected chi connectivity index (χ3v) is 3.41. The van der Waals surface area contributed by atoms with E-state index in [1.165, 1.54) is 0 Å². The summed E-state index contributed by atoms with van der Waals surface area (Å²) in [5, 5.41) is 0. The standard InChI is InChI=1S/C10HF21/c11-1(12)2(13,14)3(15,16)4(17,18)5(19,20)6(21,22)7(23,24)8(25,26)9(27,28)10(29,30)31/h1H. The Labute approximate surface area is 153 Å². The maximum atomic E-state index is 13.1. The molecule has 31 heavy (non-hydrogen) atoms. The van der Waals surface area contributed by atoms with Crippen molar-refractivity contribution < 1.29 is 92.2 Å². The van der Waals surface area contributed by atoms with Gasteiger partial charge in [0.2, 0.25) is 0 Å². The molecule has 0 N–H and O–H groups in total. The minimum absolute atomic E-state index is 6.12. The molecule has 0 spiro atoms. The predicted molar refractivity (Wildman–Crippen MR) is 51.6 cm³/mol. The molecule has 0 nitrogen and oxygen atoms in total. The maximum absolute atomic E-state index is 13.1. The first-order chi connectivity index (χ1) is 12.9. The molecule has 188 valence electrons. The number of rotatable bonds is 8. The molecule has 0 aliphatic carbocycles. The van der Waals surface area contributed by atoms with E-state index in [0.29, 0.717) is 0 Å². The fourth-order valence-corrected chi connectivity index (χ4v) is 1.51. The Bertz CT molecular complexity index is 650. The number of hydrogen-bond acceptors (Lipinski definition) is 0. The summed E-state index contributed by atoms with van der Waals surface area (Å²) in [7, 11) is 0. The van der Waals surface area contributed by atoms with E-state index >= 15 is 0 Å². The minimum atomic E-state index is -9.11. The average Bonchev–Trinajstić information content (AvgIpc) is 2.52. The highest BCUT2D eigenvalue weighted by Crippen LogP contribution is 2.65. The van der Waals surface area contributed by atoms with E-state index in [4.69, 9.17) is 0 Å². The molecule has 0 aliphatic heterocycles. The quantitative estimate of drug-likeness (QED) is 0.306. The molecule has 0 atom stereocenters. The van der Waals surface area contributed by atoms with Gasteiger partial charge in [-0.25, -0.2) is 8.78 Å². The van der Waals surface area contributed by atoms with Gasteiger partial charge < -0.3 is 0 Å². The van der Waals surface area contributed by atoms with Crippen molar-refractivity contribution in [1.29, 1.82) is 0 Å². The maximum Gasteiger partial charge on any atom is 0.460 e. The number of alkyl halides is 21. The molecular weight excluding hydrogens is 519 g/mol. The summed E-state index contributed by atoms with van der Waals surface area (Å²) in [5.41, 5.74) is 0. The van der Waals surface area contributed by atoms with Crippen LogP contribution in [0.2, 0.25) is 0 Å². The molecule has 0 unspecified atom stereocenters. The van der Waals surface area contributed by atoms with E-state index < -0.39 is 60.0 Å². The highest BCUT2D eigenvalue weighted by atomic mass is 19.4. The molecule has 0 aromatic carbocycles. The molecule has 0 saturated carbocycles. The normalized spacial score (nSPS) is 16.8. The van der Waals surface area contributed by atoms with E-state index in [1.807, 2.05) is 0 Å². The van der Waals surface area contributed by atoms with Gasteiger partial charge in [-0.2, -0.15) is 83.4 Å². The Hall–Kier alpha value is -1.47. The SMILES string of the molecule is FC(F)C(F)(F)C(F)(F)C(F)(F)C(F)(F)C(F)(F)C(F)(F)C(F)(F)C(F)(F)C(F)(F)F. The molecule has 0 radical (unpaired) electrons. The topological polar surface area (TPSA) is 0 Å². The van der Waals surface area contributed by atoms with Crippen LogP contribution in [-0.2, 0) is 0 Å². The van der Waals surface area contributed by atoms with Crippen molar-refractivity contribution in [3.05, 3.63) is 0 Å². The van der Waals surface area contributed by atoms with E-state index in [2.05, 4.69) is 0 Å². The first-order valence-corrected chi connectivity index (χ1v) is 6.32. The minimum Gasteiger partial charge on any atom is -0.203 e. The van der Waals surface area contributed by atoms with Gasteiger partial charge in [0, 0.05) is 0 Å². The van der Waals surface area contributed by atoms with Crippen LogP contribution < -0.4 is 0 Å². The summed E-state index contributed by atoms with van der Waals surface area (Å²) < 4.78 is 264. The van der Waals surface area contributed by atoms with Crippen LogP contribution in [0, 0.1) is 0 Å². The molecule has 0 amide bonds.